The Morgan fingerprint density at radius 1 is 0.852 bits per heavy atom. The van der Waals surface area contributed by atoms with Crippen molar-refractivity contribution in [3.63, 3.8) is 0 Å². The Kier molecular flexibility index (Phi) is 4.35. The van der Waals surface area contributed by atoms with Gasteiger partial charge in [0.05, 0.1) is 6.54 Å². The maximum absolute atomic E-state index is 6.17. The van der Waals surface area contributed by atoms with Gasteiger partial charge in [0.1, 0.15) is 23.8 Å². The number of rotatable bonds is 5. The molecule has 1 saturated heterocycles. The summed E-state index contributed by atoms with van der Waals surface area (Å²) in [5.41, 5.74) is 3.28. The third kappa shape index (κ3) is 3.34. The van der Waals surface area contributed by atoms with E-state index in [-0.39, 0.29) is 0 Å². The van der Waals surface area contributed by atoms with Gasteiger partial charge in [0.15, 0.2) is 0 Å². The number of furan rings is 1. The highest BCUT2D eigenvalue weighted by atomic mass is 16.3. The first kappa shape index (κ1) is 16.5. The normalized spacial score (nSPS) is 16.4. The van der Waals surface area contributed by atoms with E-state index in [0.29, 0.717) is 0 Å². The molecule has 27 heavy (non-hydrogen) atoms. The smallest absolute Gasteiger partial charge is 0.139 e. The zero-order valence-electron chi connectivity index (χ0n) is 15.3. The first-order chi connectivity index (χ1) is 13.4. The first-order valence-electron chi connectivity index (χ1n) is 9.53. The predicted octanol–water partition coefficient (Wildman–Crippen LogP) is 3.00. The fourth-order valence-corrected chi connectivity index (χ4v) is 3.93. The van der Waals surface area contributed by atoms with Gasteiger partial charge in [-0.25, -0.2) is 4.98 Å². The van der Waals surface area contributed by atoms with Gasteiger partial charge in [-0.05, 0) is 6.07 Å². The van der Waals surface area contributed by atoms with E-state index in [0.717, 1.165) is 57.0 Å². The van der Waals surface area contributed by atoms with Gasteiger partial charge in [-0.15, -0.1) is 0 Å². The summed E-state index contributed by atoms with van der Waals surface area (Å²) in [4.78, 5) is 9.02. The van der Waals surface area contributed by atoms with Gasteiger partial charge in [0, 0.05) is 55.6 Å². The highest BCUT2D eigenvalue weighted by Crippen LogP contribution is 2.31. The van der Waals surface area contributed by atoms with Gasteiger partial charge < -0.3 is 4.42 Å². The van der Waals surface area contributed by atoms with Crippen LogP contribution >= 0.6 is 0 Å². The number of nitrogens with zero attached hydrogens (tertiary/aromatic N) is 5. The minimum absolute atomic E-state index is 0.901. The van der Waals surface area contributed by atoms with E-state index in [1.54, 1.807) is 12.7 Å². The third-order valence-electron chi connectivity index (χ3n) is 5.46. The SMILES string of the molecule is c1ccc2c(c1)oc1c(CN3CCN(CCn4cncn4)CC3)cccc12. The summed E-state index contributed by atoms with van der Waals surface area (Å²) < 4.78 is 8.07. The van der Waals surface area contributed by atoms with Crippen molar-refractivity contribution in [3.8, 4) is 0 Å². The molecule has 3 heterocycles. The second kappa shape index (κ2) is 7.13. The van der Waals surface area contributed by atoms with Crippen LogP contribution in [-0.4, -0.2) is 57.3 Å². The van der Waals surface area contributed by atoms with E-state index in [4.69, 9.17) is 4.42 Å². The molecule has 1 aliphatic rings. The van der Waals surface area contributed by atoms with Crippen molar-refractivity contribution in [1.29, 1.82) is 0 Å². The molecule has 4 aromatic rings. The predicted molar refractivity (Wildman–Crippen MR) is 105 cm³/mol. The minimum Gasteiger partial charge on any atom is -0.456 e. The summed E-state index contributed by atoms with van der Waals surface area (Å²) in [6, 6.07) is 14.8. The molecule has 2 aromatic heterocycles. The average molecular weight is 361 g/mol. The summed E-state index contributed by atoms with van der Waals surface area (Å²) in [7, 11) is 0. The van der Waals surface area contributed by atoms with Crippen LogP contribution in [0.3, 0.4) is 0 Å². The molecular formula is C21H23N5O. The van der Waals surface area contributed by atoms with E-state index in [1.165, 1.54) is 16.3 Å². The van der Waals surface area contributed by atoms with Crippen molar-refractivity contribution in [2.45, 2.75) is 13.1 Å². The monoisotopic (exact) mass is 361 g/mol. The van der Waals surface area contributed by atoms with E-state index in [9.17, 15) is 0 Å². The topological polar surface area (TPSA) is 50.3 Å². The summed E-state index contributed by atoms with van der Waals surface area (Å²) in [5, 5.41) is 6.59. The molecule has 0 N–H and O–H groups in total. The average Bonchev–Trinajstić information content (AvgIpc) is 3.36. The van der Waals surface area contributed by atoms with Gasteiger partial charge in [-0.2, -0.15) is 5.10 Å². The molecule has 0 unspecified atom stereocenters. The lowest BCUT2D eigenvalue weighted by Gasteiger charge is -2.34. The largest absolute Gasteiger partial charge is 0.456 e. The molecule has 0 aliphatic carbocycles. The Morgan fingerprint density at radius 3 is 2.52 bits per heavy atom. The van der Waals surface area contributed by atoms with Gasteiger partial charge in [0.2, 0.25) is 0 Å². The fourth-order valence-electron chi connectivity index (χ4n) is 3.93. The Bertz CT molecular complexity index is 1030. The molecular weight excluding hydrogens is 338 g/mol. The van der Waals surface area contributed by atoms with E-state index >= 15 is 0 Å². The highest BCUT2D eigenvalue weighted by Gasteiger charge is 2.19. The van der Waals surface area contributed by atoms with Crippen LogP contribution in [0.1, 0.15) is 5.56 Å². The molecule has 138 valence electrons. The lowest BCUT2D eigenvalue weighted by molar-refractivity contribution is 0.123. The quantitative estimate of drug-likeness (QED) is 0.547. The van der Waals surface area contributed by atoms with Crippen molar-refractivity contribution in [3.05, 3.63) is 60.7 Å². The van der Waals surface area contributed by atoms with E-state index < -0.39 is 0 Å². The molecule has 1 aliphatic heterocycles. The number of benzene rings is 2. The van der Waals surface area contributed by atoms with Crippen LogP contribution < -0.4 is 0 Å². The first-order valence-corrected chi connectivity index (χ1v) is 9.53. The van der Waals surface area contributed by atoms with Crippen molar-refractivity contribution in [1.82, 2.24) is 24.6 Å². The molecule has 6 heteroatoms. The minimum atomic E-state index is 0.901. The number of para-hydroxylation sites is 2. The van der Waals surface area contributed by atoms with Crippen molar-refractivity contribution < 1.29 is 4.42 Å². The second-order valence-corrected chi connectivity index (χ2v) is 7.17. The zero-order chi connectivity index (χ0) is 18.1. The van der Waals surface area contributed by atoms with Gasteiger partial charge >= 0.3 is 0 Å². The molecule has 5 rings (SSSR count). The molecule has 0 saturated carbocycles. The van der Waals surface area contributed by atoms with Gasteiger partial charge in [-0.1, -0.05) is 36.4 Å². The number of hydrogen-bond acceptors (Lipinski definition) is 5. The zero-order valence-corrected chi connectivity index (χ0v) is 15.3. The van der Waals surface area contributed by atoms with Crippen LogP contribution in [0.2, 0.25) is 0 Å². The second-order valence-electron chi connectivity index (χ2n) is 7.17. The lowest BCUT2D eigenvalue weighted by Crippen LogP contribution is -2.46. The third-order valence-corrected chi connectivity index (χ3v) is 5.46. The molecule has 1 fully saturated rings. The van der Waals surface area contributed by atoms with Crippen LogP contribution in [0.25, 0.3) is 21.9 Å². The number of fused-ring (bicyclic) bond motifs is 3. The van der Waals surface area contributed by atoms with E-state index in [1.807, 2.05) is 16.8 Å². The lowest BCUT2D eigenvalue weighted by atomic mass is 10.1. The van der Waals surface area contributed by atoms with Crippen molar-refractivity contribution >= 4 is 21.9 Å². The van der Waals surface area contributed by atoms with Gasteiger partial charge in [-0.3, -0.25) is 14.5 Å². The maximum atomic E-state index is 6.17. The molecule has 0 amide bonds. The Morgan fingerprint density at radius 2 is 1.67 bits per heavy atom. The number of hydrogen-bond donors (Lipinski definition) is 0. The van der Waals surface area contributed by atoms with Crippen LogP contribution in [0, 0.1) is 0 Å². The molecule has 2 aromatic carbocycles. The molecule has 0 bridgehead atoms. The summed E-state index contributed by atoms with van der Waals surface area (Å²) in [6.07, 6.45) is 3.38. The van der Waals surface area contributed by atoms with Crippen LogP contribution in [0.15, 0.2) is 59.5 Å². The Labute approximate surface area is 158 Å². The maximum Gasteiger partial charge on any atom is 0.139 e. The van der Waals surface area contributed by atoms with Crippen molar-refractivity contribution in [2.24, 2.45) is 0 Å². The van der Waals surface area contributed by atoms with Crippen LogP contribution in [0.4, 0.5) is 0 Å². The molecule has 0 atom stereocenters. The fraction of sp³-hybridized carbons (Fsp3) is 0.333. The standard InChI is InChI=1S/C21H23N5O/c1-2-7-20-18(5-1)19-6-3-4-17(21(19)27-20)14-25-10-8-24(9-11-25)12-13-26-16-22-15-23-26/h1-7,15-16H,8-14H2. The van der Waals surface area contributed by atoms with Crippen LogP contribution in [-0.2, 0) is 13.1 Å². The van der Waals surface area contributed by atoms with Crippen LogP contribution in [0.5, 0.6) is 0 Å². The van der Waals surface area contributed by atoms with Crippen molar-refractivity contribution in [2.75, 3.05) is 32.7 Å². The van der Waals surface area contributed by atoms with E-state index in [2.05, 4.69) is 50.2 Å². The molecule has 6 nitrogen and oxygen atoms in total. The Hall–Kier alpha value is -2.70. The highest BCUT2D eigenvalue weighted by molar-refractivity contribution is 6.05. The van der Waals surface area contributed by atoms with Gasteiger partial charge in [0.25, 0.3) is 0 Å². The number of piperazine rings is 1. The summed E-state index contributed by atoms with van der Waals surface area (Å²) in [6.45, 7) is 7.19. The summed E-state index contributed by atoms with van der Waals surface area (Å²) >= 11 is 0. The Balaban J connectivity index is 1.25. The molecule has 0 spiro atoms. The summed E-state index contributed by atoms with van der Waals surface area (Å²) in [5.74, 6) is 0. The number of aromatic nitrogens is 3. The molecule has 0 radical (unpaired) electrons.